The number of amides is 1. The number of nitrogens with one attached hydrogen (secondary N) is 2. The summed E-state index contributed by atoms with van der Waals surface area (Å²) in [5, 5.41) is 5.57. The van der Waals surface area contributed by atoms with E-state index in [-0.39, 0.29) is 35.5 Å². The second-order valence-corrected chi connectivity index (χ2v) is 5.23. The zero-order chi connectivity index (χ0) is 15.4. The Hall–Kier alpha value is -2.05. The van der Waals surface area contributed by atoms with Gasteiger partial charge in [-0.3, -0.25) is 14.7 Å². The van der Waals surface area contributed by atoms with E-state index < -0.39 is 0 Å². The molecule has 22 heavy (non-hydrogen) atoms. The summed E-state index contributed by atoms with van der Waals surface area (Å²) in [6, 6.07) is 8.76. The number of nitrogens with zero attached hydrogens (tertiary/aromatic N) is 1. The van der Waals surface area contributed by atoms with Crippen molar-refractivity contribution in [2.75, 3.05) is 13.1 Å². The number of aromatic nitrogens is 2. The van der Waals surface area contributed by atoms with E-state index in [1.165, 1.54) is 10.7 Å². The maximum atomic E-state index is 12.0. The Morgan fingerprint density at radius 2 is 2.00 bits per heavy atom. The lowest BCUT2D eigenvalue weighted by Crippen LogP contribution is -2.31. The van der Waals surface area contributed by atoms with Gasteiger partial charge in [0.25, 0.3) is 11.5 Å². The molecule has 0 spiro atoms. The van der Waals surface area contributed by atoms with Gasteiger partial charge in [0.15, 0.2) is 0 Å². The molecule has 1 atom stereocenters. The number of aromatic amines is 1. The van der Waals surface area contributed by atoms with Crippen LogP contribution in [0.1, 0.15) is 23.0 Å². The summed E-state index contributed by atoms with van der Waals surface area (Å²) in [6.45, 7) is 4.90. The van der Waals surface area contributed by atoms with Gasteiger partial charge >= 0.3 is 0 Å². The number of aryl methyl sites for hydroxylation is 1. The third-order valence-corrected chi connectivity index (χ3v) is 3.27. The third kappa shape index (κ3) is 4.22. The van der Waals surface area contributed by atoms with Crippen molar-refractivity contribution in [3.05, 3.63) is 51.9 Å². The molecular formula is C15H21ClN4O2. The standard InChI is InChI=1S/C15H20N4O2.ClH/c1-10-3-5-12(6-4-10)19-14(20)7-13(18-19)15(21)17-9-11(2)8-16;/h3-7,11,18H,8-9,16H2,1-2H3,(H,17,21);1H. The van der Waals surface area contributed by atoms with Gasteiger partial charge in [-0.15, -0.1) is 12.4 Å². The Morgan fingerprint density at radius 1 is 1.36 bits per heavy atom. The number of hydrogen-bond acceptors (Lipinski definition) is 3. The van der Waals surface area contributed by atoms with Crippen molar-refractivity contribution in [3.8, 4) is 5.69 Å². The molecule has 1 heterocycles. The Bertz CT molecular complexity index is 676. The molecule has 0 radical (unpaired) electrons. The Morgan fingerprint density at radius 3 is 2.59 bits per heavy atom. The lowest BCUT2D eigenvalue weighted by Gasteiger charge is -2.09. The summed E-state index contributed by atoms with van der Waals surface area (Å²) in [7, 11) is 0. The van der Waals surface area contributed by atoms with Crippen LogP contribution in [0.4, 0.5) is 0 Å². The molecule has 7 heteroatoms. The lowest BCUT2D eigenvalue weighted by molar-refractivity contribution is 0.0943. The highest BCUT2D eigenvalue weighted by atomic mass is 35.5. The molecule has 0 fully saturated rings. The molecule has 0 aliphatic rings. The topological polar surface area (TPSA) is 92.9 Å². The summed E-state index contributed by atoms with van der Waals surface area (Å²) < 4.78 is 1.35. The second kappa shape index (κ2) is 7.82. The van der Waals surface area contributed by atoms with Gasteiger partial charge in [0, 0.05) is 12.6 Å². The third-order valence-electron chi connectivity index (χ3n) is 3.27. The van der Waals surface area contributed by atoms with Crippen molar-refractivity contribution < 1.29 is 4.79 Å². The van der Waals surface area contributed by atoms with Gasteiger partial charge in [-0.25, -0.2) is 4.68 Å². The van der Waals surface area contributed by atoms with Gasteiger partial charge in [0.1, 0.15) is 5.69 Å². The van der Waals surface area contributed by atoms with E-state index >= 15 is 0 Å². The summed E-state index contributed by atoms with van der Waals surface area (Å²) in [6.07, 6.45) is 0. The predicted molar refractivity (Wildman–Crippen MR) is 88.9 cm³/mol. The molecule has 2 aromatic rings. The van der Waals surface area contributed by atoms with E-state index in [1.54, 1.807) is 0 Å². The summed E-state index contributed by atoms with van der Waals surface area (Å²) >= 11 is 0. The zero-order valence-corrected chi connectivity index (χ0v) is 13.4. The van der Waals surface area contributed by atoms with Crippen LogP contribution in [0.15, 0.2) is 35.1 Å². The minimum atomic E-state index is -0.307. The minimum Gasteiger partial charge on any atom is -0.350 e. The number of carbonyl (C=O) groups excluding carboxylic acids is 1. The predicted octanol–water partition coefficient (Wildman–Crippen LogP) is 1.22. The van der Waals surface area contributed by atoms with Gasteiger partial charge < -0.3 is 11.1 Å². The summed E-state index contributed by atoms with van der Waals surface area (Å²) in [4.78, 5) is 23.9. The van der Waals surface area contributed by atoms with Crippen LogP contribution in [0.3, 0.4) is 0 Å². The first-order chi connectivity index (χ1) is 10.0. The number of H-pyrrole nitrogens is 1. The van der Waals surface area contributed by atoms with E-state index in [0.717, 1.165) is 5.56 Å². The molecule has 120 valence electrons. The summed E-state index contributed by atoms with van der Waals surface area (Å²) in [5.74, 6) is -0.113. The van der Waals surface area contributed by atoms with Crippen molar-refractivity contribution in [2.24, 2.45) is 11.7 Å². The van der Waals surface area contributed by atoms with E-state index in [1.807, 2.05) is 38.1 Å². The lowest BCUT2D eigenvalue weighted by atomic mass is 10.2. The number of halogens is 1. The SMILES string of the molecule is Cc1ccc(-n2[nH]c(C(=O)NCC(C)CN)cc2=O)cc1.Cl. The van der Waals surface area contributed by atoms with Crippen molar-refractivity contribution in [1.82, 2.24) is 15.1 Å². The first kappa shape index (κ1) is 18.0. The maximum absolute atomic E-state index is 12.0. The fraction of sp³-hybridized carbons (Fsp3) is 0.333. The second-order valence-electron chi connectivity index (χ2n) is 5.23. The van der Waals surface area contributed by atoms with E-state index in [9.17, 15) is 9.59 Å². The summed E-state index contributed by atoms with van der Waals surface area (Å²) in [5.41, 5.74) is 7.27. The number of nitrogens with two attached hydrogens (primary N) is 1. The molecule has 6 nitrogen and oxygen atoms in total. The van der Waals surface area contributed by atoms with Crippen LogP contribution in [-0.4, -0.2) is 28.8 Å². The van der Waals surface area contributed by atoms with E-state index in [4.69, 9.17) is 5.73 Å². The van der Waals surface area contributed by atoms with Crippen LogP contribution in [0.5, 0.6) is 0 Å². The average Bonchev–Trinajstić information content (AvgIpc) is 2.87. The monoisotopic (exact) mass is 324 g/mol. The van der Waals surface area contributed by atoms with Gasteiger partial charge in [-0.2, -0.15) is 0 Å². The molecule has 1 aromatic heterocycles. The van der Waals surface area contributed by atoms with Crippen molar-refractivity contribution in [3.63, 3.8) is 0 Å². The Labute approximate surface area is 135 Å². The van der Waals surface area contributed by atoms with Crippen molar-refractivity contribution in [1.29, 1.82) is 0 Å². The molecular weight excluding hydrogens is 304 g/mol. The van der Waals surface area contributed by atoms with Crippen molar-refractivity contribution >= 4 is 18.3 Å². The minimum absolute atomic E-state index is 0. The van der Waals surface area contributed by atoms with Gasteiger partial charge in [0.2, 0.25) is 0 Å². The van der Waals surface area contributed by atoms with Crippen LogP contribution < -0.4 is 16.6 Å². The maximum Gasteiger partial charge on any atom is 0.271 e. The fourth-order valence-corrected chi connectivity index (χ4v) is 1.84. The Kier molecular flexibility index (Phi) is 6.39. The molecule has 2 rings (SSSR count). The van der Waals surface area contributed by atoms with Gasteiger partial charge in [-0.05, 0) is 31.5 Å². The van der Waals surface area contributed by atoms with E-state index in [2.05, 4.69) is 10.4 Å². The van der Waals surface area contributed by atoms with E-state index in [0.29, 0.717) is 18.8 Å². The van der Waals surface area contributed by atoms with Crippen LogP contribution in [0, 0.1) is 12.8 Å². The highest BCUT2D eigenvalue weighted by molar-refractivity contribution is 5.92. The smallest absolute Gasteiger partial charge is 0.271 e. The molecule has 0 aliphatic heterocycles. The van der Waals surface area contributed by atoms with Crippen LogP contribution in [0.2, 0.25) is 0 Å². The quantitative estimate of drug-likeness (QED) is 0.772. The number of carbonyl (C=O) groups is 1. The highest BCUT2D eigenvalue weighted by Crippen LogP contribution is 2.06. The highest BCUT2D eigenvalue weighted by Gasteiger charge is 2.12. The number of rotatable bonds is 5. The van der Waals surface area contributed by atoms with Crippen LogP contribution in [-0.2, 0) is 0 Å². The molecule has 1 aromatic carbocycles. The average molecular weight is 325 g/mol. The zero-order valence-electron chi connectivity index (χ0n) is 12.6. The molecule has 4 N–H and O–H groups in total. The van der Waals surface area contributed by atoms with Crippen molar-refractivity contribution in [2.45, 2.75) is 13.8 Å². The van der Waals surface area contributed by atoms with Gasteiger partial charge in [0.05, 0.1) is 5.69 Å². The fourth-order valence-electron chi connectivity index (χ4n) is 1.84. The van der Waals surface area contributed by atoms with Crippen LogP contribution in [0.25, 0.3) is 5.69 Å². The largest absolute Gasteiger partial charge is 0.350 e. The Balaban J connectivity index is 0.00000242. The first-order valence-electron chi connectivity index (χ1n) is 6.88. The molecule has 0 bridgehead atoms. The number of benzene rings is 1. The normalized spacial score (nSPS) is 11.6. The molecule has 0 saturated carbocycles. The number of hydrogen-bond donors (Lipinski definition) is 3. The molecule has 0 aliphatic carbocycles. The first-order valence-corrected chi connectivity index (χ1v) is 6.88. The van der Waals surface area contributed by atoms with Crippen LogP contribution >= 0.6 is 12.4 Å². The van der Waals surface area contributed by atoms with Gasteiger partial charge in [-0.1, -0.05) is 24.6 Å². The molecule has 1 unspecified atom stereocenters. The molecule has 0 saturated heterocycles. The molecule has 1 amide bonds.